The fourth-order valence-electron chi connectivity index (χ4n) is 2.82. The van der Waals surface area contributed by atoms with Crippen molar-refractivity contribution in [3.63, 3.8) is 0 Å². The van der Waals surface area contributed by atoms with E-state index in [1.807, 2.05) is 54.6 Å². The Kier molecular flexibility index (Phi) is 4.50. The monoisotopic (exact) mass is 364 g/mol. The molecule has 0 aliphatic heterocycles. The van der Waals surface area contributed by atoms with E-state index in [9.17, 15) is 0 Å². The number of nitrogens with zero attached hydrogens (tertiary/aromatic N) is 1. The van der Waals surface area contributed by atoms with E-state index in [1.165, 1.54) is 0 Å². The van der Waals surface area contributed by atoms with E-state index in [0.717, 1.165) is 39.5 Å². The van der Waals surface area contributed by atoms with Crippen molar-refractivity contribution in [3.8, 4) is 22.9 Å². The highest BCUT2D eigenvalue weighted by atomic mass is 35.5. The lowest BCUT2D eigenvalue weighted by Crippen LogP contribution is -1.99. The van der Waals surface area contributed by atoms with E-state index in [4.69, 9.17) is 21.1 Å². The molecule has 5 heteroatoms. The minimum Gasteiger partial charge on any atom is -0.496 e. The fraction of sp³-hybridized carbons (Fsp3) is 0.0952. The first-order valence-electron chi connectivity index (χ1n) is 8.23. The maximum absolute atomic E-state index is 5.91. The van der Waals surface area contributed by atoms with Crippen molar-refractivity contribution >= 4 is 22.6 Å². The SMILES string of the molecule is COc1ccc(-c2nc3ccccc3[nH]2)cc1COc1ccc(Cl)cc1. The summed E-state index contributed by atoms with van der Waals surface area (Å²) in [5.41, 5.74) is 3.88. The second kappa shape index (κ2) is 7.10. The standard InChI is InChI=1S/C21H17ClN2O2/c1-25-20-11-6-14(21-23-18-4-2-3-5-19(18)24-21)12-15(20)13-26-17-9-7-16(22)8-10-17/h2-12H,13H2,1H3,(H,23,24). The number of para-hydroxylation sites is 2. The zero-order valence-electron chi connectivity index (χ0n) is 14.2. The molecule has 1 heterocycles. The maximum atomic E-state index is 5.91. The number of hydrogen-bond donors (Lipinski definition) is 1. The van der Waals surface area contributed by atoms with Gasteiger partial charge < -0.3 is 14.5 Å². The Bertz CT molecular complexity index is 1010. The maximum Gasteiger partial charge on any atom is 0.138 e. The Morgan fingerprint density at radius 1 is 1.00 bits per heavy atom. The normalized spacial score (nSPS) is 10.8. The summed E-state index contributed by atoms with van der Waals surface area (Å²) in [4.78, 5) is 8.00. The quantitative estimate of drug-likeness (QED) is 0.510. The van der Waals surface area contributed by atoms with Crippen LogP contribution in [0.5, 0.6) is 11.5 Å². The number of benzene rings is 3. The summed E-state index contributed by atoms with van der Waals surface area (Å²) in [5.74, 6) is 2.35. The Morgan fingerprint density at radius 3 is 2.58 bits per heavy atom. The van der Waals surface area contributed by atoms with Gasteiger partial charge in [0, 0.05) is 16.1 Å². The van der Waals surface area contributed by atoms with E-state index in [2.05, 4.69) is 9.97 Å². The molecule has 0 amide bonds. The van der Waals surface area contributed by atoms with Crippen LogP contribution in [0.25, 0.3) is 22.4 Å². The second-order valence-corrected chi connectivity index (χ2v) is 6.31. The third kappa shape index (κ3) is 3.37. The number of rotatable bonds is 5. The number of hydrogen-bond acceptors (Lipinski definition) is 3. The van der Waals surface area contributed by atoms with Gasteiger partial charge in [0.1, 0.15) is 23.9 Å². The minimum absolute atomic E-state index is 0.388. The number of aromatic nitrogens is 2. The Hall–Kier alpha value is -2.98. The van der Waals surface area contributed by atoms with Crippen LogP contribution in [0.4, 0.5) is 0 Å². The average Bonchev–Trinajstić information content (AvgIpc) is 3.11. The zero-order valence-corrected chi connectivity index (χ0v) is 15.0. The molecule has 1 N–H and O–H groups in total. The summed E-state index contributed by atoms with van der Waals surface area (Å²) >= 11 is 5.91. The lowest BCUT2D eigenvalue weighted by atomic mass is 10.1. The molecule has 0 saturated heterocycles. The molecule has 0 aliphatic carbocycles. The minimum atomic E-state index is 0.388. The molecular formula is C21H17ClN2O2. The van der Waals surface area contributed by atoms with E-state index >= 15 is 0 Å². The molecule has 4 aromatic rings. The lowest BCUT2D eigenvalue weighted by Gasteiger charge is -2.11. The van der Waals surface area contributed by atoms with Crippen LogP contribution in [0.3, 0.4) is 0 Å². The molecule has 1 aromatic heterocycles. The first kappa shape index (κ1) is 16.5. The second-order valence-electron chi connectivity index (χ2n) is 5.87. The smallest absolute Gasteiger partial charge is 0.138 e. The zero-order chi connectivity index (χ0) is 17.9. The van der Waals surface area contributed by atoms with Crippen molar-refractivity contribution < 1.29 is 9.47 Å². The van der Waals surface area contributed by atoms with Gasteiger partial charge in [-0.25, -0.2) is 4.98 Å². The average molecular weight is 365 g/mol. The van der Waals surface area contributed by atoms with Gasteiger partial charge in [0.2, 0.25) is 0 Å². The van der Waals surface area contributed by atoms with Crippen LogP contribution in [0, 0.1) is 0 Å². The summed E-state index contributed by atoms with van der Waals surface area (Å²) in [6.07, 6.45) is 0. The Labute approximate surface area is 156 Å². The van der Waals surface area contributed by atoms with Crippen LogP contribution in [0.1, 0.15) is 5.56 Å². The van der Waals surface area contributed by atoms with Gasteiger partial charge in [0.25, 0.3) is 0 Å². The first-order valence-corrected chi connectivity index (χ1v) is 8.61. The van der Waals surface area contributed by atoms with Crippen LogP contribution < -0.4 is 9.47 Å². The van der Waals surface area contributed by atoms with Crippen LogP contribution in [-0.4, -0.2) is 17.1 Å². The first-order chi connectivity index (χ1) is 12.7. The molecule has 130 valence electrons. The predicted octanol–water partition coefficient (Wildman–Crippen LogP) is 5.47. The highest BCUT2D eigenvalue weighted by Gasteiger charge is 2.10. The van der Waals surface area contributed by atoms with Gasteiger partial charge in [0.05, 0.1) is 18.1 Å². The van der Waals surface area contributed by atoms with Crippen molar-refractivity contribution in [2.24, 2.45) is 0 Å². The van der Waals surface area contributed by atoms with Crippen LogP contribution in [-0.2, 0) is 6.61 Å². The van der Waals surface area contributed by atoms with Gasteiger partial charge in [-0.05, 0) is 54.6 Å². The van der Waals surface area contributed by atoms with Gasteiger partial charge in [-0.15, -0.1) is 0 Å². The van der Waals surface area contributed by atoms with E-state index in [1.54, 1.807) is 19.2 Å². The van der Waals surface area contributed by atoms with Gasteiger partial charge in [0.15, 0.2) is 0 Å². The summed E-state index contributed by atoms with van der Waals surface area (Å²) in [5, 5.41) is 0.682. The molecular weight excluding hydrogens is 348 g/mol. The summed E-state index contributed by atoms with van der Waals surface area (Å²) in [6.45, 7) is 0.388. The van der Waals surface area contributed by atoms with Crippen LogP contribution >= 0.6 is 11.6 Å². The summed E-state index contributed by atoms with van der Waals surface area (Å²) in [7, 11) is 1.65. The number of imidazole rings is 1. The summed E-state index contributed by atoms with van der Waals surface area (Å²) < 4.78 is 11.3. The van der Waals surface area contributed by atoms with Gasteiger partial charge >= 0.3 is 0 Å². The van der Waals surface area contributed by atoms with Crippen molar-refractivity contribution in [2.75, 3.05) is 7.11 Å². The molecule has 0 bridgehead atoms. The summed E-state index contributed by atoms with van der Waals surface area (Å²) in [6, 6.07) is 21.2. The van der Waals surface area contributed by atoms with Crippen molar-refractivity contribution in [1.82, 2.24) is 9.97 Å². The lowest BCUT2D eigenvalue weighted by molar-refractivity contribution is 0.297. The van der Waals surface area contributed by atoms with Crippen LogP contribution in [0.15, 0.2) is 66.7 Å². The molecule has 0 radical (unpaired) electrons. The van der Waals surface area contributed by atoms with Crippen molar-refractivity contribution in [2.45, 2.75) is 6.61 Å². The fourth-order valence-corrected chi connectivity index (χ4v) is 2.95. The third-order valence-electron chi connectivity index (χ3n) is 4.15. The molecule has 0 spiro atoms. The third-order valence-corrected chi connectivity index (χ3v) is 4.40. The van der Waals surface area contributed by atoms with E-state index in [-0.39, 0.29) is 0 Å². The number of H-pyrrole nitrogens is 1. The molecule has 0 fully saturated rings. The molecule has 0 unspecified atom stereocenters. The molecule has 0 atom stereocenters. The van der Waals surface area contributed by atoms with Gasteiger partial charge in [-0.3, -0.25) is 0 Å². The van der Waals surface area contributed by atoms with Crippen molar-refractivity contribution in [1.29, 1.82) is 0 Å². The Morgan fingerprint density at radius 2 is 1.81 bits per heavy atom. The largest absolute Gasteiger partial charge is 0.496 e. The predicted molar refractivity (Wildman–Crippen MR) is 104 cm³/mol. The highest BCUT2D eigenvalue weighted by molar-refractivity contribution is 6.30. The van der Waals surface area contributed by atoms with Crippen LogP contribution in [0.2, 0.25) is 5.02 Å². The molecule has 4 nitrogen and oxygen atoms in total. The number of ether oxygens (including phenoxy) is 2. The van der Waals surface area contributed by atoms with E-state index < -0.39 is 0 Å². The number of methoxy groups -OCH3 is 1. The number of fused-ring (bicyclic) bond motifs is 1. The van der Waals surface area contributed by atoms with Crippen molar-refractivity contribution in [3.05, 3.63) is 77.3 Å². The molecule has 4 rings (SSSR count). The molecule has 3 aromatic carbocycles. The molecule has 0 aliphatic rings. The highest BCUT2D eigenvalue weighted by Crippen LogP contribution is 2.28. The molecule has 26 heavy (non-hydrogen) atoms. The van der Waals surface area contributed by atoms with Gasteiger partial charge in [-0.1, -0.05) is 23.7 Å². The van der Waals surface area contributed by atoms with E-state index in [0.29, 0.717) is 11.6 Å². The van der Waals surface area contributed by atoms with Gasteiger partial charge in [-0.2, -0.15) is 0 Å². The number of aromatic amines is 1. The molecule has 0 saturated carbocycles. The Balaban J connectivity index is 1.63. The topological polar surface area (TPSA) is 47.1 Å². The number of halogens is 1. The number of nitrogens with one attached hydrogen (secondary N) is 1.